The molecular formula is C25H28N4O4S. The van der Waals surface area contributed by atoms with Crippen LogP contribution in [0, 0.1) is 13.8 Å². The number of aromatic nitrogens is 3. The zero-order valence-corrected chi connectivity index (χ0v) is 20.9. The Labute approximate surface area is 201 Å². The van der Waals surface area contributed by atoms with Crippen LogP contribution in [0.15, 0.2) is 35.5 Å². The predicted octanol–water partition coefficient (Wildman–Crippen LogP) is 4.38. The second-order valence-corrected chi connectivity index (χ2v) is 9.91. The van der Waals surface area contributed by atoms with Gasteiger partial charge in [0.05, 0.1) is 10.5 Å². The van der Waals surface area contributed by atoms with E-state index in [0.717, 1.165) is 21.6 Å². The van der Waals surface area contributed by atoms with Gasteiger partial charge in [0.2, 0.25) is 0 Å². The molecule has 0 aliphatic heterocycles. The molecule has 0 atom stereocenters. The molecule has 0 spiro atoms. The van der Waals surface area contributed by atoms with E-state index in [9.17, 15) is 14.7 Å². The zero-order valence-electron chi connectivity index (χ0n) is 20.1. The number of carbonyl (C=O) groups is 1. The van der Waals surface area contributed by atoms with E-state index in [1.165, 1.54) is 15.9 Å². The molecule has 0 saturated carbocycles. The minimum absolute atomic E-state index is 0.239. The number of H-pyrrole nitrogens is 1. The Bertz CT molecular complexity index is 1440. The third-order valence-electron chi connectivity index (χ3n) is 5.56. The van der Waals surface area contributed by atoms with Crippen molar-refractivity contribution in [3.8, 4) is 21.9 Å². The Morgan fingerprint density at radius 1 is 1.26 bits per heavy atom. The van der Waals surface area contributed by atoms with Gasteiger partial charge >= 0.3 is 0 Å². The summed E-state index contributed by atoms with van der Waals surface area (Å²) in [5.74, 6) is 0.962. The molecule has 0 radical (unpaired) electrons. The van der Waals surface area contributed by atoms with Crippen LogP contribution < -0.4 is 15.6 Å². The SMILES string of the molecule is CCNC(=O)c1cc2c(-c3sc(C(C)(C)O)cc3Oc3c(C)cncc3C)cn(C)c(=O)c2[nH]1. The molecule has 4 rings (SSSR count). The Hall–Kier alpha value is -3.43. The van der Waals surface area contributed by atoms with Crippen LogP contribution in [0.2, 0.25) is 0 Å². The maximum atomic E-state index is 12.9. The first-order chi connectivity index (χ1) is 16.0. The van der Waals surface area contributed by atoms with Crippen molar-refractivity contribution in [3.63, 3.8) is 0 Å². The molecule has 0 saturated heterocycles. The Kier molecular flexibility index (Phi) is 6.09. The normalized spacial score (nSPS) is 11.7. The first-order valence-corrected chi connectivity index (χ1v) is 11.8. The molecule has 4 aromatic rings. The van der Waals surface area contributed by atoms with Gasteiger partial charge < -0.3 is 24.7 Å². The first kappa shape index (κ1) is 23.7. The van der Waals surface area contributed by atoms with E-state index in [2.05, 4.69) is 15.3 Å². The second-order valence-electron chi connectivity index (χ2n) is 8.86. The number of ether oxygens (including phenoxy) is 1. The minimum atomic E-state index is -1.09. The highest BCUT2D eigenvalue weighted by atomic mass is 32.1. The Morgan fingerprint density at radius 2 is 1.94 bits per heavy atom. The number of nitrogens with one attached hydrogen (secondary N) is 2. The van der Waals surface area contributed by atoms with Gasteiger partial charge in [0.15, 0.2) is 0 Å². The monoisotopic (exact) mass is 480 g/mol. The molecule has 1 amide bonds. The summed E-state index contributed by atoms with van der Waals surface area (Å²) in [7, 11) is 1.67. The lowest BCUT2D eigenvalue weighted by molar-refractivity contribution is 0.0824. The number of aromatic amines is 1. The third kappa shape index (κ3) is 4.24. The van der Waals surface area contributed by atoms with Crippen molar-refractivity contribution in [2.75, 3.05) is 6.54 Å². The molecule has 0 fully saturated rings. The highest BCUT2D eigenvalue weighted by Crippen LogP contribution is 2.46. The zero-order chi connectivity index (χ0) is 24.8. The number of rotatable bonds is 6. The highest BCUT2D eigenvalue weighted by Gasteiger charge is 2.26. The predicted molar refractivity (Wildman–Crippen MR) is 134 cm³/mol. The van der Waals surface area contributed by atoms with Crippen molar-refractivity contribution >= 4 is 28.1 Å². The fourth-order valence-electron chi connectivity index (χ4n) is 3.79. The third-order valence-corrected chi connectivity index (χ3v) is 7.02. The molecule has 0 bridgehead atoms. The molecule has 178 valence electrons. The number of aryl methyl sites for hydroxylation is 3. The molecule has 0 unspecified atom stereocenters. The van der Waals surface area contributed by atoms with Crippen LogP contribution in [0.1, 0.15) is 47.3 Å². The van der Waals surface area contributed by atoms with Gasteiger partial charge in [-0.3, -0.25) is 14.6 Å². The summed E-state index contributed by atoms with van der Waals surface area (Å²) in [6, 6.07) is 3.51. The van der Waals surface area contributed by atoms with E-state index in [-0.39, 0.29) is 11.5 Å². The lowest BCUT2D eigenvalue weighted by Gasteiger charge is -2.14. The van der Waals surface area contributed by atoms with Gasteiger partial charge in [-0.1, -0.05) is 0 Å². The molecular weight excluding hydrogens is 452 g/mol. The number of amides is 1. The van der Waals surface area contributed by atoms with Crippen LogP contribution >= 0.6 is 11.3 Å². The number of fused-ring (bicyclic) bond motifs is 1. The van der Waals surface area contributed by atoms with Crippen molar-refractivity contribution in [3.05, 3.63) is 62.8 Å². The average Bonchev–Trinajstić information content (AvgIpc) is 3.39. The standard InChI is InChI=1S/C25H28N4O4S/c1-7-27-23(30)17-8-15-16(12-29(6)24(31)20(15)28-17)22-18(9-19(34-22)25(4,5)32)33-21-13(2)10-26-11-14(21)3/h8-12,28,32H,7H2,1-6H3,(H,27,30). The van der Waals surface area contributed by atoms with Crippen molar-refractivity contribution in [2.24, 2.45) is 7.05 Å². The van der Waals surface area contributed by atoms with Gasteiger partial charge in [-0.25, -0.2) is 0 Å². The summed E-state index contributed by atoms with van der Waals surface area (Å²) in [6.45, 7) is 9.59. The summed E-state index contributed by atoms with van der Waals surface area (Å²) in [4.78, 5) is 34.0. The largest absolute Gasteiger partial charge is 0.455 e. The van der Waals surface area contributed by atoms with Gasteiger partial charge in [-0.15, -0.1) is 11.3 Å². The van der Waals surface area contributed by atoms with Gasteiger partial charge in [0, 0.05) is 59.1 Å². The van der Waals surface area contributed by atoms with Crippen molar-refractivity contribution < 1.29 is 14.6 Å². The summed E-state index contributed by atoms with van der Waals surface area (Å²) < 4.78 is 7.87. The number of hydrogen-bond acceptors (Lipinski definition) is 6. The summed E-state index contributed by atoms with van der Waals surface area (Å²) in [6.07, 6.45) is 5.21. The van der Waals surface area contributed by atoms with E-state index < -0.39 is 5.60 Å². The van der Waals surface area contributed by atoms with E-state index >= 15 is 0 Å². The molecule has 8 nitrogen and oxygen atoms in total. The number of carbonyl (C=O) groups excluding carboxylic acids is 1. The summed E-state index contributed by atoms with van der Waals surface area (Å²) in [5.41, 5.74) is 1.81. The minimum Gasteiger partial charge on any atom is -0.455 e. The number of pyridine rings is 2. The number of hydrogen-bond donors (Lipinski definition) is 3. The molecule has 4 heterocycles. The van der Waals surface area contributed by atoms with Crippen LogP contribution in [0.5, 0.6) is 11.5 Å². The molecule has 3 N–H and O–H groups in total. The van der Waals surface area contributed by atoms with Crippen molar-refractivity contribution in [1.82, 2.24) is 19.9 Å². The number of nitrogens with zero attached hydrogens (tertiary/aromatic N) is 2. The topological polar surface area (TPSA) is 109 Å². The second kappa shape index (κ2) is 8.73. The molecule has 34 heavy (non-hydrogen) atoms. The van der Waals surface area contributed by atoms with Gasteiger partial charge in [0.25, 0.3) is 11.5 Å². The Balaban J connectivity index is 1.97. The smallest absolute Gasteiger partial charge is 0.274 e. The fraction of sp³-hybridized carbons (Fsp3) is 0.320. The van der Waals surface area contributed by atoms with E-state index in [1.54, 1.807) is 45.6 Å². The first-order valence-electron chi connectivity index (χ1n) is 11.0. The van der Waals surface area contributed by atoms with Gasteiger partial charge in [0.1, 0.15) is 22.7 Å². The van der Waals surface area contributed by atoms with Crippen LogP contribution in [0.25, 0.3) is 21.3 Å². The summed E-state index contributed by atoms with van der Waals surface area (Å²) >= 11 is 1.39. The highest BCUT2D eigenvalue weighted by molar-refractivity contribution is 7.16. The van der Waals surface area contributed by atoms with Crippen LogP contribution in [0.3, 0.4) is 0 Å². The molecule has 0 aliphatic rings. The van der Waals surface area contributed by atoms with E-state index in [1.807, 2.05) is 26.8 Å². The van der Waals surface area contributed by atoms with E-state index in [4.69, 9.17) is 4.74 Å². The maximum Gasteiger partial charge on any atom is 0.274 e. The van der Waals surface area contributed by atoms with Crippen LogP contribution in [-0.4, -0.2) is 32.1 Å². The van der Waals surface area contributed by atoms with Crippen LogP contribution in [0.4, 0.5) is 0 Å². The molecule has 4 aromatic heterocycles. The van der Waals surface area contributed by atoms with E-state index in [0.29, 0.717) is 39.5 Å². The number of aliphatic hydroxyl groups is 1. The molecule has 9 heteroatoms. The lowest BCUT2D eigenvalue weighted by atomic mass is 10.1. The van der Waals surface area contributed by atoms with Crippen molar-refractivity contribution in [1.29, 1.82) is 0 Å². The van der Waals surface area contributed by atoms with Crippen LogP contribution in [-0.2, 0) is 12.6 Å². The molecule has 0 aliphatic carbocycles. The Morgan fingerprint density at radius 3 is 2.56 bits per heavy atom. The lowest BCUT2D eigenvalue weighted by Crippen LogP contribution is -2.23. The summed E-state index contributed by atoms with van der Waals surface area (Å²) in [5, 5.41) is 14.1. The quantitative estimate of drug-likeness (QED) is 0.380. The van der Waals surface area contributed by atoms with Gasteiger partial charge in [-0.2, -0.15) is 0 Å². The average molecular weight is 481 g/mol. The fourth-order valence-corrected chi connectivity index (χ4v) is 4.90. The maximum absolute atomic E-state index is 12.9. The molecule has 0 aromatic carbocycles. The van der Waals surface area contributed by atoms with Crippen molar-refractivity contribution in [2.45, 2.75) is 40.2 Å². The van der Waals surface area contributed by atoms with Gasteiger partial charge in [-0.05, 0) is 46.8 Å². The number of thiophene rings is 1.